The van der Waals surface area contributed by atoms with Gasteiger partial charge in [-0.25, -0.2) is 0 Å². The summed E-state index contributed by atoms with van der Waals surface area (Å²) in [6.07, 6.45) is 3.71. The Morgan fingerprint density at radius 3 is 2.60 bits per heavy atom. The Morgan fingerprint density at radius 2 is 2.20 bits per heavy atom. The Kier molecular flexibility index (Phi) is 4.55. The van der Waals surface area contributed by atoms with Gasteiger partial charge >= 0.3 is 0 Å². The molecule has 0 atom stereocenters. The van der Waals surface area contributed by atoms with E-state index >= 15 is 0 Å². The summed E-state index contributed by atoms with van der Waals surface area (Å²) in [5, 5.41) is 0. The van der Waals surface area contributed by atoms with Gasteiger partial charge in [0.15, 0.2) is 0 Å². The lowest BCUT2D eigenvalue weighted by Gasteiger charge is -1.99. The van der Waals surface area contributed by atoms with Gasteiger partial charge in [0.2, 0.25) is 0 Å². The second kappa shape index (κ2) is 4.98. The van der Waals surface area contributed by atoms with E-state index in [0.717, 1.165) is 24.1 Å². The van der Waals surface area contributed by atoms with Crippen LogP contribution in [-0.4, -0.2) is 5.71 Å². The zero-order valence-electron chi connectivity index (χ0n) is 6.85. The monoisotopic (exact) mass is 137 g/mol. The van der Waals surface area contributed by atoms with Crippen molar-refractivity contribution >= 4 is 5.71 Å². The average molecular weight is 137 g/mol. The van der Waals surface area contributed by atoms with Crippen LogP contribution in [0.15, 0.2) is 29.9 Å². The number of aliphatic imine (C=N–C) groups is 1. The fourth-order valence-electron chi connectivity index (χ4n) is 0.711. The number of nitrogens with zero attached hydrogens (tertiary/aromatic N) is 1. The summed E-state index contributed by atoms with van der Waals surface area (Å²) < 4.78 is 0. The van der Waals surface area contributed by atoms with Crippen molar-refractivity contribution in [1.29, 1.82) is 0 Å². The van der Waals surface area contributed by atoms with E-state index in [2.05, 4.69) is 25.1 Å². The fraction of sp³-hybridized carbons (Fsp3) is 0.444. The summed E-state index contributed by atoms with van der Waals surface area (Å²) in [6.45, 7) is 11.5. The molecule has 0 aromatic carbocycles. The Labute approximate surface area is 63.2 Å². The first-order valence-corrected chi connectivity index (χ1v) is 3.55. The van der Waals surface area contributed by atoms with Crippen LogP contribution in [0.25, 0.3) is 0 Å². The van der Waals surface area contributed by atoms with Gasteiger partial charge < -0.3 is 0 Å². The molecule has 10 heavy (non-hydrogen) atoms. The molecule has 0 bridgehead atoms. The molecule has 0 spiro atoms. The van der Waals surface area contributed by atoms with Crippen LogP contribution >= 0.6 is 0 Å². The van der Waals surface area contributed by atoms with E-state index in [0.29, 0.717) is 0 Å². The Bertz CT molecular complexity index is 154. The van der Waals surface area contributed by atoms with Gasteiger partial charge in [0.1, 0.15) is 0 Å². The van der Waals surface area contributed by atoms with Crippen LogP contribution in [0.1, 0.15) is 26.7 Å². The van der Waals surface area contributed by atoms with Crippen molar-refractivity contribution in [2.24, 2.45) is 4.99 Å². The van der Waals surface area contributed by atoms with E-state index in [4.69, 9.17) is 0 Å². The predicted molar refractivity (Wildman–Crippen MR) is 47.4 cm³/mol. The summed E-state index contributed by atoms with van der Waals surface area (Å²) in [4.78, 5) is 4.02. The van der Waals surface area contributed by atoms with E-state index in [1.165, 1.54) is 0 Å². The molecule has 0 radical (unpaired) electrons. The molecular formula is C9H15N. The van der Waals surface area contributed by atoms with Crippen molar-refractivity contribution < 1.29 is 0 Å². The summed E-state index contributed by atoms with van der Waals surface area (Å²) in [5.41, 5.74) is 2.11. The highest BCUT2D eigenvalue weighted by atomic mass is 14.7. The molecule has 0 fully saturated rings. The molecule has 0 saturated heterocycles. The summed E-state index contributed by atoms with van der Waals surface area (Å²) >= 11 is 0. The minimum Gasteiger partial charge on any atom is -0.262 e. The lowest BCUT2D eigenvalue weighted by atomic mass is 10.1. The van der Waals surface area contributed by atoms with E-state index in [1.54, 1.807) is 6.20 Å². The Balaban J connectivity index is 3.93. The molecule has 0 aliphatic heterocycles. The lowest BCUT2D eigenvalue weighted by Crippen LogP contribution is -1.93. The molecular weight excluding hydrogens is 122 g/mol. The average Bonchev–Trinajstić information content (AvgIpc) is 1.89. The molecule has 0 amide bonds. The molecule has 0 unspecified atom stereocenters. The maximum Gasteiger partial charge on any atom is 0.0398 e. The van der Waals surface area contributed by atoms with Crippen LogP contribution in [0.3, 0.4) is 0 Å². The van der Waals surface area contributed by atoms with Gasteiger partial charge in [-0.15, -0.1) is 0 Å². The molecule has 0 heterocycles. The van der Waals surface area contributed by atoms with E-state index in [-0.39, 0.29) is 0 Å². The predicted octanol–water partition coefficient (Wildman–Crippen LogP) is 2.95. The molecule has 0 rings (SSSR count). The van der Waals surface area contributed by atoms with Gasteiger partial charge in [-0.2, -0.15) is 0 Å². The zero-order valence-corrected chi connectivity index (χ0v) is 6.85. The Morgan fingerprint density at radius 1 is 1.60 bits per heavy atom. The summed E-state index contributed by atoms with van der Waals surface area (Å²) in [6, 6.07) is 0. The molecule has 0 aromatic rings. The van der Waals surface area contributed by atoms with Crippen molar-refractivity contribution in [1.82, 2.24) is 0 Å². The molecule has 0 N–H and O–H groups in total. The highest BCUT2D eigenvalue weighted by Gasteiger charge is 1.94. The first-order chi connectivity index (χ1) is 4.72. The van der Waals surface area contributed by atoms with Gasteiger partial charge in [0.05, 0.1) is 0 Å². The smallest absolute Gasteiger partial charge is 0.0398 e. The number of hydrogen-bond donors (Lipinski definition) is 0. The van der Waals surface area contributed by atoms with Crippen LogP contribution < -0.4 is 0 Å². The molecule has 56 valence electrons. The second-order valence-corrected chi connectivity index (χ2v) is 2.25. The van der Waals surface area contributed by atoms with E-state index in [1.807, 2.05) is 6.92 Å². The topological polar surface area (TPSA) is 12.4 Å². The van der Waals surface area contributed by atoms with E-state index in [9.17, 15) is 0 Å². The fourth-order valence-corrected chi connectivity index (χ4v) is 0.711. The van der Waals surface area contributed by atoms with Crippen LogP contribution in [0, 0.1) is 0 Å². The number of rotatable bonds is 4. The molecule has 1 heteroatoms. The second-order valence-electron chi connectivity index (χ2n) is 2.25. The lowest BCUT2D eigenvalue weighted by molar-refractivity contribution is 0.937. The third-order valence-corrected chi connectivity index (χ3v) is 1.35. The third kappa shape index (κ3) is 3.23. The van der Waals surface area contributed by atoms with Crippen molar-refractivity contribution in [3.05, 3.63) is 24.9 Å². The van der Waals surface area contributed by atoms with Gasteiger partial charge in [-0.3, -0.25) is 4.99 Å². The largest absolute Gasteiger partial charge is 0.262 e. The number of allylic oxidation sites excluding steroid dienone is 1. The highest BCUT2D eigenvalue weighted by molar-refractivity contribution is 5.97. The standard InChI is InChI=1S/C9H15N/c1-5-7-8(3)9(4)10-6-2/h6H,2-3,5,7H2,1,4H3. The van der Waals surface area contributed by atoms with Gasteiger partial charge in [0, 0.05) is 11.9 Å². The van der Waals surface area contributed by atoms with Crippen molar-refractivity contribution in [2.45, 2.75) is 26.7 Å². The first-order valence-electron chi connectivity index (χ1n) is 3.55. The normalized spacial score (nSPS) is 11.2. The molecule has 1 nitrogen and oxygen atoms in total. The van der Waals surface area contributed by atoms with Crippen molar-refractivity contribution in [3.8, 4) is 0 Å². The van der Waals surface area contributed by atoms with Crippen LogP contribution in [0.4, 0.5) is 0 Å². The summed E-state index contributed by atoms with van der Waals surface area (Å²) in [7, 11) is 0. The highest BCUT2D eigenvalue weighted by Crippen LogP contribution is 2.03. The zero-order chi connectivity index (χ0) is 7.98. The SMILES string of the molecule is C=CN=C(C)C(=C)CCC. The van der Waals surface area contributed by atoms with Gasteiger partial charge in [-0.1, -0.05) is 26.5 Å². The maximum atomic E-state index is 4.02. The quantitative estimate of drug-likeness (QED) is 0.528. The summed E-state index contributed by atoms with van der Waals surface area (Å²) in [5.74, 6) is 0. The van der Waals surface area contributed by atoms with Crippen molar-refractivity contribution in [3.63, 3.8) is 0 Å². The number of hydrogen-bond acceptors (Lipinski definition) is 1. The van der Waals surface area contributed by atoms with Crippen LogP contribution in [0.2, 0.25) is 0 Å². The maximum absolute atomic E-state index is 4.02. The molecule has 0 aliphatic carbocycles. The first kappa shape index (κ1) is 9.15. The van der Waals surface area contributed by atoms with Crippen molar-refractivity contribution in [2.75, 3.05) is 0 Å². The van der Waals surface area contributed by atoms with Gasteiger partial charge in [0.25, 0.3) is 0 Å². The molecule has 0 saturated carbocycles. The molecule has 0 aromatic heterocycles. The van der Waals surface area contributed by atoms with E-state index < -0.39 is 0 Å². The third-order valence-electron chi connectivity index (χ3n) is 1.35. The van der Waals surface area contributed by atoms with Gasteiger partial charge in [-0.05, 0) is 18.9 Å². The minimum atomic E-state index is 0.997. The minimum absolute atomic E-state index is 0.997. The Hall–Kier alpha value is -0.850. The van der Waals surface area contributed by atoms with Crippen LogP contribution in [0.5, 0.6) is 0 Å². The molecule has 0 aliphatic rings. The van der Waals surface area contributed by atoms with Crippen LogP contribution in [-0.2, 0) is 0 Å².